The van der Waals surface area contributed by atoms with Gasteiger partial charge >= 0.3 is 6.09 Å². The van der Waals surface area contributed by atoms with Gasteiger partial charge in [-0.1, -0.05) is 25.4 Å². The summed E-state index contributed by atoms with van der Waals surface area (Å²) in [5.41, 5.74) is -0.609. The Labute approximate surface area is 135 Å². The third-order valence-corrected chi connectivity index (χ3v) is 3.17. The van der Waals surface area contributed by atoms with Gasteiger partial charge in [0.05, 0.1) is 6.61 Å². The van der Waals surface area contributed by atoms with Gasteiger partial charge in [-0.25, -0.2) is 4.79 Å². The molecule has 1 aromatic carbocycles. The number of Topliss-reactive ketones (excluding diaryl/α,β-unsaturated/α-hetero) is 1. The zero-order chi connectivity index (χ0) is 16.6. The third kappa shape index (κ3) is 6.37. The van der Waals surface area contributed by atoms with E-state index in [2.05, 4.69) is 4.99 Å². The van der Waals surface area contributed by atoms with Gasteiger partial charge in [-0.2, -0.15) is 4.99 Å². The van der Waals surface area contributed by atoms with E-state index in [0.29, 0.717) is 24.0 Å². The van der Waals surface area contributed by atoms with E-state index < -0.39 is 11.5 Å². The van der Waals surface area contributed by atoms with E-state index in [-0.39, 0.29) is 12.2 Å². The lowest BCUT2D eigenvalue weighted by Crippen LogP contribution is -2.30. The molecule has 0 unspecified atom stereocenters. The van der Waals surface area contributed by atoms with Crippen LogP contribution in [0.25, 0.3) is 0 Å². The minimum absolute atomic E-state index is 0.0514. The Kier molecular flexibility index (Phi) is 7.21. The molecule has 0 spiro atoms. The summed E-state index contributed by atoms with van der Waals surface area (Å²) in [6, 6.07) is 6.33. The maximum absolute atomic E-state index is 12.0. The van der Waals surface area contributed by atoms with E-state index in [0.717, 1.165) is 0 Å². The summed E-state index contributed by atoms with van der Waals surface area (Å²) in [5, 5.41) is 0.547. The number of nitrogens with zero attached hydrogens (tertiary/aromatic N) is 1. The molecule has 0 bridgehead atoms. The Morgan fingerprint density at radius 1 is 1.27 bits per heavy atom. The predicted octanol–water partition coefficient (Wildman–Crippen LogP) is 3.93. The minimum atomic E-state index is -0.780. The molecular weight excluding hydrogens is 306 g/mol. The molecule has 1 rings (SSSR count). The van der Waals surface area contributed by atoms with Crippen LogP contribution >= 0.6 is 11.6 Å². The van der Waals surface area contributed by atoms with E-state index in [9.17, 15) is 9.59 Å². The molecule has 0 atom stereocenters. The Morgan fingerprint density at radius 3 is 2.50 bits per heavy atom. The Bertz CT molecular complexity index is 538. The van der Waals surface area contributed by atoms with E-state index >= 15 is 0 Å². The molecule has 1 amide bonds. The van der Waals surface area contributed by atoms with Gasteiger partial charge < -0.3 is 9.47 Å². The number of rotatable bonds is 7. The average Bonchev–Trinajstić information content (AvgIpc) is 2.47. The van der Waals surface area contributed by atoms with Crippen LogP contribution in [-0.4, -0.2) is 31.3 Å². The number of aliphatic imine (C=N–C) groups is 1. The fourth-order valence-electron chi connectivity index (χ4n) is 1.55. The molecule has 0 saturated heterocycles. The summed E-state index contributed by atoms with van der Waals surface area (Å²) >= 11 is 5.73. The first-order valence-electron chi connectivity index (χ1n) is 6.96. The first-order valence-corrected chi connectivity index (χ1v) is 7.34. The fourth-order valence-corrected chi connectivity index (χ4v) is 1.67. The quantitative estimate of drug-likeness (QED) is 0.712. The summed E-state index contributed by atoms with van der Waals surface area (Å²) in [5.74, 6) is 0.290. The van der Waals surface area contributed by atoms with Crippen molar-refractivity contribution < 1.29 is 19.1 Å². The normalized spacial score (nSPS) is 11.6. The predicted molar refractivity (Wildman–Crippen MR) is 85.9 cm³/mol. The smallest absolute Gasteiger partial charge is 0.409 e. The molecule has 0 N–H and O–H groups in total. The van der Waals surface area contributed by atoms with Gasteiger partial charge in [-0.15, -0.1) is 0 Å². The number of ketones is 1. The van der Waals surface area contributed by atoms with E-state index in [4.69, 9.17) is 21.1 Å². The minimum Gasteiger partial charge on any atom is -0.409 e. The van der Waals surface area contributed by atoms with Gasteiger partial charge in [0.1, 0.15) is 11.5 Å². The average molecular weight is 326 g/mol. The molecule has 120 valence electrons. The van der Waals surface area contributed by atoms with Crippen LogP contribution in [0.2, 0.25) is 5.02 Å². The van der Waals surface area contributed by atoms with Gasteiger partial charge in [0.15, 0.2) is 0 Å². The SMILES string of the molecule is CCOCC(C)(C)C(=O)CC=NC(=O)Oc1ccc(Cl)cc1. The molecule has 0 aliphatic rings. The largest absolute Gasteiger partial charge is 0.438 e. The number of carbonyl (C=O) groups is 2. The Hall–Kier alpha value is -1.72. The summed E-state index contributed by atoms with van der Waals surface area (Å²) in [7, 11) is 0. The number of benzene rings is 1. The second kappa shape index (κ2) is 8.66. The standard InChI is InChI=1S/C16H20ClNO4/c1-4-21-11-16(2,3)14(19)9-10-18-15(20)22-13-7-5-12(17)6-8-13/h5-8,10H,4,9,11H2,1-3H3. The first-order chi connectivity index (χ1) is 10.3. The highest BCUT2D eigenvalue weighted by Gasteiger charge is 2.26. The van der Waals surface area contributed by atoms with Crippen molar-refractivity contribution in [3.05, 3.63) is 29.3 Å². The molecule has 0 heterocycles. The number of hydrogen-bond acceptors (Lipinski definition) is 4. The molecular formula is C16H20ClNO4. The van der Waals surface area contributed by atoms with Crippen molar-refractivity contribution in [1.29, 1.82) is 0 Å². The van der Waals surface area contributed by atoms with E-state index in [1.165, 1.54) is 6.21 Å². The lowest BCUT2D eigenvalue weighted by Gasteiger charge is -2.21. The molecule has 6 heteroatoms. The van der Waals surface area contributed by atoms with Gasteiger partial charge in [0, 0.05) is 29.7 Å². The summed E-state index contributed by atoms with van der Waals surface area (Å²) in [4.78, 5) is 27.1. The lowest BCUT2D eigenvalue weighted by atomic mass is 9.87. The fraction of sp³-hybridized carbons (Fsp3) is 0.438. The van der Waals surface area contributed by atoms with Crippen LogP contribution in [0.5, 0.6) is 5.75 Å². The molecule has 22 heavy (non-hydrogen) atoms. The maximum atomic E-state index is 12.0. The number of carbonyl (C=O) groups excluding carboxylic acids is 2. The monoisotopic (exact) mass is 325 g/mol. The van der Waals surface area contributed by atoms with Gasteiger partial charge in [-0.3, -0.25) is 4.79 Å². The zero-order valence-electron chi connectivity index (χ0n) is 13.0. The van der Waals surface area contributed by atoms with E-state index in [1.54, 1.807) is 38.1 Å². The van der Waals surface area contributed by atoms with E-state index in [1.807, 2.05) is 6.92 Å². The molecule has 0 aromatic heterocycles. The van der Waals surface area contributed by atoms with Gasteiger partial charge in [0.25, 0.3) is 0 Å². The van der Waals surface area contributed by atoms with Gasteiger partial charge in [0.2, 0.25) is 0 Å². The molecule has 0 saturated carbocycles. The second-order valence-electron chi connectivity index (χ2n) is 5.28. The van der Waals surface area contributed by atoms with Gasteiger partial charge in [-0.05, 0) is 31.2 Å². The number of ether oxygens (including phenoxy) is 2. The van der Waals surface area contributed by atoms with Crippen molar-refractivity contribution in [2.24, 2.45) is 10.4 Å². The van der Waals surface area contributed by atoms with Crippen LogP contribution in [0.4, 0.5) is 4.79 Å². The number of halogens is 1. The van der Waals surface area contributed by atoms with Crippen LogP contribution in [0.15, 0.2) is 29.3 Å². The Balaban J connectivity index is 2.46. The van der Waals surface area contributed by atoms with Crippen LogP contribution in [-0.2, 0) is 9.53 Å². The molecule has 1 aromatic rings. The lowest BCUT2D eigenvalue weighted by molar-refractivity contribution is -0.128. The van der Waals surface area contributed by atoms with Crippen molar-refractivity contribution in [2.75, 3.05) is 13.2 Å². The summed E-state index contributed by atoms with van der Waals surface area (Å²) in [6.07, 6.45) is 0.530. The Morgan fingerprint density at radius 2 is 1.91 bits per heavy atom. The molecule has 0 aliphatic heterocycles. The molecule has 0 fully saturated rings. The number of hydrogen-bond donors (Lipinski definition) is 0. The van der Waals surface area contributed by atoms with Crippen molar-refractivity contribution in [3.63, 3.8) is 0 Å². The summed E-state index contributed by atoms with van der Waals surface area (Å²) in [6.45, 7) is 6.36. The van der Waals surface area contributed by atoms with Crippen molar-refractivity contribution in [1.82, 2.24) is 0 Å². The molecule has 0 aliphatic carbocycles. The highest BCUT2D eigenvalue weighted by Crippen LogP contribution is 2.19. The second-order valence-corrected chi connectivity index (χ2v) is 5.72. The van der Waals surface area contributed by atoms with Crippen molar-refractivity contribution in [2.45, 2.75) is 27.2 Å². The maximum Gasteiger partial charge on any atom is 0.438 e. The van der Waals surface area contributed by atoms with Crippen LogP contribution in [0.1, 0.15) is 27.2 Å². The number of amides is 1. The first kappa shape index (κ1) is 18.3. The van der Waals surface area contributed by atoms with Crippen LogP contribution in [0, 0.1) is 5.41 Å². The molecule has 5 nitrogen and oxygen atoms in total. The summed E-state index contributed by atoms with van der Waals surface area (Å²) < 4.78 is 10.2. The highest BCUT2D eigenvalue weighted by molar-refractivity contribution is 6.30. The van der Waals surface area contributed by atoms with Crippen LogP contribution in [0.3, 0.4) is 0 Å². The molecule has 0 radical (unpaired) electrons. The topological polar surface area (TPSA) is 65.0 Å². The van der Waals surface area contributed by atoms with Crippen molar-refractivity contribution >= 4 is 29.7 Å². The van der Waals surface area contributed by atoms with Crippen LogP contribution < -0.4 is 4.74 Å². The van der Waals surface area contributed by atoms with Crippen molar-refractivity contribution in [3.8, 4) is 5.75 Å². The third-order valence-electron chi connectivity index (χ3n) is 2.91. The highest BCUT2D eigenvalue weighted by atomic mass is 35.5. The zero-order valence-corrected chi connectivity index (χ0v) is 13.7.